The summed E-state index contributed by atoms with van der Waals surface area (Å²) in [4.78, 5) is 0. The van der Waals surface area contributed by atoms with E-state index in [0.29, 0.717) is 0 Å². The van der Waals surface area contributed by atoms with Crippen LogP contribution < -0.4 is 0 Å². The lowest BCUT2D eigenvalue weighted by atomic mass is 10.0. The lowest BCUT2D eigenvalue weighted by Crippen LogP contribution is -2.05. The van der Waals surface area contributed by atoms with Crippen molar-refractivity contribution in [2.75, 3.05) is 0 Å². The van der Waals surface area contributed by atoms with Crippen LogP contribution in [0.1, 0.15) is 162 Å². The Bertz CT molecular complexity index is 251. The number of aliphatic hydroxyl groups is 1. The molecule has 0 spiro atoms. The second-order valence-corrected chi connectivity index (χ2v) is 8.95. The van der Waals surface area contributed by atoms with Gasteiger partial charge in [0.1, 0.15) is 0 Å². The quantitative estimate of drug-likeness (QED) is 0.174. The molecule has 164 valence electrons. The smallest absolute Gasteiger partial charge is 0.0540 e. The highest BCUT2D eigenvalue weighted by Gasteiger charge is 2.03. The van der Waals surface area contributed by atoms with Gasteiger partial charge in [-0.25, -0.2) is 0 Å². The van der Waals surface area contributed by atoms with Crippen molar-refractivity contribution < 1.29 is 5.11 Å². The lowest BCUT2D eigenvalue weighted by Gasteiger charge is -2.10. The van der Waals surface area contributed by atoms with Gasteiger partial charge in [0.15, 0.2) is 0 Å². The topological polar surface area (TPSA) is 20.2 Å². The van der Waals surface area contributed by atoms with E-state index in [1.165, 1.54) is 135 Å². The average molecular weight is 383 g/mol. The van der Waals surface area contributed by atoms with Crippen molar-refractivity contribution in [1.82, 2.24) is 0 Å². The maximum atomic E-state index is 9.97. The summed E-state index contributed by atoms with van der Waals surface area (Å²) in [6, 6.07) is 0. The third-order valence-corrected chi connectivity index (χ3v) is 6.03. The monoisotopic (exact) mass is 382 g/mol. The SMILES string of the molecule is CCCCCCCCCCCCCCCCCCCC(O)CCCCCC. The van der Waals surface area contributed by atoms with E-state index in [0.717, 1.165) is 12.8 Å². The van der Waals surface area contributed by atoms with Crippen molar-refractivity contribution >= 4 is 0 Å². The fourth-order valence-corrected chi connectivity index (χ4v) is 4.06. The van der Waals surface area contributed by atoms with Crippen LogP contribution in [0.4, 0.5) is 0 Å². The zero-order valence-electron chi connectivity index (χ0n) is 19.3. The van der Waals surface area contributed by atoms with Gasteiger partial charge in [-0.2, -0.15) is 0 Å². The van der Waals surface area contributed by atoms with Gasteiger partial charge in [0.2, 0.25) is 0 Å². The van der Waals surface area contributed by atoms with Gasteiger partial charge < -0.3 is 5.11 Å². The van der Waals surface area contributed by atoms with Crippen LogP contribution in [0, 0.1) is 0 Å². The molecule has 1 heteroatoms. The number of hydrogen-bond acceptors (Lipinski definition) is 1. The number of hydrogen-bond donors (Lipinski definition) is 1. The summed E-state index contributed by atoms with van der Waals surface area (Å²) in [5, 5.41) is 9.97. The average Bonchev–Trinajstić information content (AvgIpc) is 2.67. The van der Waals surface area contributed by atoms with E-state index in [4.69, 9.17) is 0 Å². The second kappa shape index (κ2) is 24.0. The van der Waals surface area contributed by atoms with Crippen LogP contribution in [0.15, 0.2) is 0 Å². The van der Waals surface area contributed by atoms with Crippen LogP contribution in [-0.2, 0) is 0 Å². The molecule has 0 aliphatic heterocycles. The largest absolute Gasteiger partial charge is 0.393 e. The molecule has 0 aromatic rings. The van der Waals surface area contributed by atoms with Crippen LogP contribution in [-0.4, -0.2) is 11.2 Å². The number of rotatable bonds is 23. The number of unbranched alkanes of at least 4 members (excludes halogenated alkanes) is 19. The molecule has 0 fully saturated rings. The third kappa shape index (κ3) is 23.9. The van der Waals surface area contributed by atoms with Crippen LogP contribution in [0.5, 0.6) is 0 Å². The van der Waals surface area contributed by atoms with Crippen molar-refractivity contribution in [3.05, 3.63) is 0 Å². The molecule has 0 saturated heterocycles. The maximum Gasteiger partial charge on any atom is 0.0540 e. The van der Waals surface area contributed by atoms with Crippen LogP contribution in [0.2, 0.25) is 0 Å². The second-order valence-electron chi connectivity index (χ2n) is 8.95. The predicted molar refractivity (Wildman–Crippen MR) is 124 cm³/mol. The van der Waals surface area contributed by atoms with Gasteiger partial charge in [0, 0.05) is 0 Å². The summed E-state index contributed by atoms with van der Waals surface area (Å²) in [5.41, 5.74) is 0. The molecule has 1 nitrogen and oxygen atoms in total. The van der Waals surface area contributed by atoms with E-state index in [1.807, 2.05) is 0 Å². The van der Waals surface area contributed by atoms with Gasteiger partial charge in [-0.1, -0.05) is 149 Å². The maximum absolute atomic E-state index is 9.97. The highest BCUT2D eigenvalue weighted by atomic mass is 16.3. The Morgan fingerprint density at radius 3 is 0.889 bits per heavy atom. The Hall–Kier alpha value is -0.0400. The Kier molecular flexibility index (Phi) is 24.0. The Morgan fingerprint density at radius 2 is 0.593 bits per heavy atom. The summed E-state index contributed by atoms with van der Waals surface area (Å²) in [7, 11) is 0. The summed E-state index contributed by atoms with van der Waals surface area (Å²) >= 11 is 0. The lowest BCUT2D eigenvalue weighted by molar-refractivity contribution is 0.147. The summed E-state index contributed by atoms with van der Waals surface area (Å²) in [5.74, 6) is 0. The van der Waals surface area contributed by atoms with Crippen molar-refractivity contribution in [3.63, 3.8) is 0 Å². The van der Waals surface area contributed by atoms with E-state index >= 15 is 0 Å². The minimum absolute atomic E-state index is 0.0294. The molecule has 0 rings (SSSR count). The molecular weight excluding hydrogens is 328 g/mol. The first-order chi connectivity index (χ1) is 13.3. The third-order valence-electron chi connectivity index (χ3n) is 6.03. The first-order valence-corrected chi connectivity index (χ1v) is 13.0. The van der Waals surface area contributed by atoms with Gasteiger partial charge in [-0.15, -0.1) is 0 Å². The van der Waals surface area contributed by atoms with Gasteiger partial charge in [0.25, 0.3) is 0 Å². The zero-order valence-corrected chi connectivity index (χ0v) is 19.3. The summed E-state index contributed by atoms with van der Waals surface area (Å²) in [6.07, 6.45) is 31.3. The molecule has 0 aromatic carbocycles. The highest BCUT2D eigenvalue weighted by Crippen LogP contribution is 2.15. The molecule has 0 heterocycles. The molecule has 0 radical (unpaired) electrons. The minimum atomic E-state index is -0.0294. The van der Waals surface area contributed by atoms with Crippen molar-refractivity contribution in [2.45, 2.75) is 168 Å². The molecule has 0 aliphatic carbocycles. The minimum Gasteiger partial charge on any atom is -0.393 e. The Labute approximate surface area is 173 Å². The molecule has 0 saturated carbocycles. The highest BCUT2D eigenvalue weighted by molar-refractivity contribution is 4.57. The molecular formula is C26H54O. The fraction of sp³-hybridized carbons (Fsp3) is 1.00. The van der Waals surface area contributed by atoms with Gasteiger partial charge >= 0.3 is 0 Å². The predicted octanol–water partition coefficient (Wildman–Crippen LogP) is 9.36. The molecule has 0 amide bonds. The van der Waals surface area contributed by atoms with E-state index in [1.54, 1.807) is 0 Å². The molecule has 1 unspecified atom stereocenters. The summed E-state index contributed by atoms with van der Waals surface area (Å²) < 4.78 is 0. The zero-order chi connectivity index (χ0) is 19.8. The molecule has 27 heavy (non-hydrogen) atoms. The van der Waals surface area contributed by atoms with E-state index < -0.39 is 0 Å². The molecule has 1 atom stereocenters. The molecule has 1 N–H and O–H groups in total. The van der Waals surface area contributed by atoms with Gasteiger partial charge in [-0.3, -0.25) is 0 Å². The van der Waals surface area contributed by atoms with Crippen LogP contribution in [0.25, 0.3) is 0 Å². The van der Waals surface area contributed by atoms with Crippen molar-refractivity contribution in [2.24, 2.45) is 0 Å². The first-order valence-electron chi connectivity index (χ1n) is 13.0. The molecule has 0 aliphatic rings. The van der Waals surface area contributed by atoms with E-state index in [2.05, 4.69) is 13.8 Å². The van der Waals surface area contributed by atoms with Crippen LogP contribution in [0.3, 0.4) is 0 Å². The first kappa shape index (κ1) is 27.0. The standard InChI is InChI=1S/C26H54O/c1-3-5-7-9-10-11-12-13-14-15-16-17-18-19-20-21-23-25-26(27)24-22-8-6-4-2/h26-27H,3-25H2,1-2H3. The van der Waals surface area contributed by atoms with Crippen molar-refractivity contribution in [1.29, 1.82) is 0 Å². The summed E-state index contributed by atoms with van der Waals surface area (Å²) in [6.45, 7) is 4.54. The molecule has 0 aromatic heterocycles. The fourth-order valence-electron chi connectivity index (χ4n) is 4.06. The Balaban J connectivity index is 3.06. The van der Waals surface area contributed by atoms with Crippen LogP contribution >= 0.6 is 0 Å². The van der Waals surface area contributed by atoms with E-state index in [9.17, 15) is 5.11 Å². The normalized spacial score (nSPS) is 12.6. The molecule has 0 bridgehead atoms. The Morgan fingerprint density at radius 1 is 0.370 bits per heavy atom. The van der Waals surface area contributed by atoms with Gasteiger partial charge in [0.05, 0.1) is 6.10 Å². The van der Waals surface area contributed by atoms with Crippen molar-refractivity contribution in [3.8, 4) is 0 Å². The van der Waals surface area contributed by atoms with Gasteiger partial charge in [-0.05, 0) is 12.8 Å². The van der Waals surface area contributed by atoms with E-state index in [-0.39, 0.29) is 6.10 Å². The number of aliphatic hydroxyl groups excluding tert-OH is 1.